The number of carbonyl (C=O) groups excluding carboxylic acids is 1. The number of nitrogens with zero attached hydrogens (tertiary/aromatic N) is 2. The number of aromatic nitrogens is 3. The van der Waals surface area contributed by atoms with E-state index in [4.69, 9.17) is 0 Å². The molecule has 84 valence electrons. The van der Waals surface area contributed by atoms with Gasteiger partial charge in [0.15, 0.2) is 5.13 Å². The molecule has 0 saturated carbocycles. The number of carbonyl (C=O) groups is 1. The van der Waals surface area contributed by atoms with E-state index in [-0.39, 0.29) is 0 Å². The predicted molar refractivity (Wildman–Crippen MR) is 66.9 cm³/mol. The van der Waals surface area contributed by atoms with Gasteiger partial charge in [0.1, 0.15) is 5.82 Å². The molecule has 2 N–H and O–H groups in total. The van der Waals surface area contributed by atoms with E-state index in [1.54, 1.807) is 6.20 Å². The molecule has 2 aromatic heterocycles. The number of amides is 1. The smallest absolute Gasteiger partial charge is 0.213 e. The summed E-state index contributed by atoms with van der Waals surface area (Å²) in [7, 11) is 0. The SMILES string of the molecule is O=CNc1ncc(-c2nc3ccccc3[nH]2)s1. The molecule has 0 spiro atoms. The van der Waals surface area contributed by atoms with Gasteiger partial charge in [-0.3, -0.25) is 4.79 Å². The van der Waals surface area contributed by atoms with Crippen molar-refractivity contribution in [2.45, 2.75) is 0 Å². The maximum absolute atomic E-state index is 10.3. The quantitative estimate of drug-likeness (QED) is 0.694. The van der Waals surface area contributed by atoms with Crippen LogP contribution in [0.2, 0.25) is 0 Å². The standard InChI is InChI=1S/C11H8N4OS/c16-6-13-11-12-5-9(17-11)10-14-7-3-1-2-4-8(7)15-10/h1-6H,(H,14,15)(H,12,13,16). The van der Waals surface area contributed by atoms with Crippen molar-refractivity contribution in [3.05, 3.63) is 30.5 Å². The summed E-state index contributed by atoms with van der Waals surface area (Å²) in [6.07, 6.45) is 2.30. The highest BCUT2D eigenvalue weighted by molar-refractivity contribution is 7.18. The Hall–Kier alpha value is -2.21. The molecule has 0 bridgehead atoms. The van der Waals surface area contributed by atoms with Gasteiger partial charge in [0.05, 0.1) is 22.1 Å². The topological polar surface area (TPSA) is 70.7 Å². The van der Waals surface area contributed by atoms with Crippen LogP contribution in [0.15, 0.2) is 30.5 Å². The summed E-state index contributed by atoms with van der Waals surface area (Å²) in [5, 5.41) is 3.08. The third-order valence-electron chi connectivity index (χ3n) is 2.31. The fourth-order valence-corrected chi connectivity index (χ4v) is 2.29. The van der Waals surface area contributed by atoms with Gasteiger partial charge in [-0.15, -0.1) is 0 Å². The van der Waals surface area contributed by atoms with Gasteiger partial charge >= 0.3 is 0 Å². The zero-order chi connectivity index (χ0) is 11.7. The minimum atomic E-state index is 0.565. The molecule has 0 unspecified atom stereocenters. The Kier molecular flexibility index (Phi) is 2.34. The molecule has 3 rings (SSSR count). The molecule has 0 fully saturated rings. The first kappa shape index (κ1) is 9.98. The Bertz CT molecular complexity index is 640. The summed E-state index contributed by atoms with van der Waals surface area (Å²) in [5.41, 5.74) is 1.90. The highest BCUT2D eigenvalue weighted by Gasteiger charge is 2.08. The van der Waals surface area contributed by atoms with Gasteiger partial charge in [-0.2, -0.15) is 0 Å². The van der Waals surface area contributed by atoms with Crippen molar-refractivity contribution in [1.82, 2.24) is 15.0 Å². The molecule has 0 saturated heterocycles. The Morgan fingerprint density at radius 3 is 3.06 bits per heavy atom. The van der Waals surface area contributed by atoms with Crippen molar-refractivity contribution in [1.29, 1.82) is 0 Å². The number of hydrogen-bond acceptors (Lipinski definition) is 4. The second-order valence-corrected chi connectivity index (χ2v) is 4.43. The first-order chi connectivity index (χ1) is 8.36. The number of benzene rings is 1. The van der Waals surface area contributed by atoms with Gasteiger partial charge in [0.25, 0.3) is 0 Å². The van der Waals surface area contributed by atoms with Crippen molar-refractivity contribution in [2.75, 3.05) is 5.32 Å². The molecule has 0 aliphatic rings. The Balaban J connectivity index is 2.04. The van der Waals surface area contributed by atoms with Crippen LogP contribution in [-0.4, -0.2) is 21.4 Å². The van der Waals surface area contributed by atoms with E-state index < -0.39 is 0 Å². The maximum atomic E-state index is 10.3. The van der Waals surface area contributed by atoms with E-state index in [1.807, 2.05) is 24.3 Å². The van der Waals surface area contributed by atoms with Crippen molar-refractivity contribution in [3.8, 4) is 10.7 Å². The molecule has 0 aliphatic carbocycles. The zero-order valence-electron chi connectivity index (χ0n) is 8.68. The summed E-state index contributed by atoms with van der Waals surface area (Å²) >= 11 is 1.38. The number of anilines is 1. The zero-order valence-corrected chi connectivity index (χ0v) is 9.49. The van der Waals surface area contributed by atoms with E-state index >= 15 is 0 Å². The lowest BCUT2D eigenvalue weighted by molar-refractivity contribution is -0.105. The number of thiazole rings is 1. The van der Waals surface area contributed by atoms with Gasteiger partial charge in [0, 0.05) is 0 Å². The number of nitrogens with one attached hydrogen (secondary N) is 2. The molecule has 0 radical (unpaired) electrons. The summed E-state index contributed by atoms with van der Waals surface area (Å²) in [4.78, 5) is 22.9. The normalized spacial score (nSPS) is 10.6. The molecule has 6 heteroatoms. The largest absolute Gasteiger partial charge is 0.337 e. The summed E-state index contributed by atoms with van der Waals surface area (Å²) < 4.78 is 0. The predicted octanol–water partition coefficient (Wildman–Crippen LogP) is 2.25. The van der Waals surface area contributed by atoms with Crippen LogP contribution in [0.4, 0.5) is 5.13 Å². The van der Waals surface area contributed by atoms with Crippen LogP contribution >= 0.6 is 11.3 Å². The van der Waals surface area contributed by atoms with Crippen molar-refractivity contribution in [3.63, 3.8) is 0 Å². The average molecular weight is 244 g/mol. The highest BCUT2D eigenvalue weighted by atomic mass is 32.1. The van der Waals surface area contributed by atoms with Crippen molar-refractivity contribution < 1.29 is 4.79 Å². The molecule has 0 atom stereocenters. The van der Waals surface area contributed by atoms with Gasteiger partial charge < -0.3 is 10.3 Å². The van der Waals surface area contributed by atoms with E-state index in [1.165, 1.54) is 11.3 Å². The van der Waals surface area contributed by atoms with Gasteiger partial charge in [0.2, 0.25) is 6.41 Å². The molecule has 17 heavy (non-hydrogen) atoms. The molecular weight excluding hydrogens is 236 g/mol. The number of rotatable bonds is 3. The van der Waals surface area contributed by atoms with Crippen molar-refractivity contribution in [2.24, 2.45) is 0 Å². The van der Waals surface area contributed by atoms with Gasteiger partial charge in [-0.1, -0.05) is 23.5 Å². The van der Waals surface area contributed by atoms with Crippen LogP contribution in [0, 0.1) is 0 Å². The number of imidazole rings is 1. The molecule has 3 aromatic rings. The van der Waals surface area contributed by atoms with Crippen molar-refractivity contribution >= 4 is 33.9 Å². The van der Waals surface area contributed by atoms with Crippen LogP contribution in [0.5, 0.6) is 0 Å². The van der Waals surface area contributed by atoms with Crippen LogP contribution in [-0.2, 0) is 4.79 Å². The molecule has 1 amide bonds. The molecule has 1 aromatic carbocycles. The summed E-state index contributed by atoms with van der Waals surface area (Å²) in [6, 6.07) is 7.81. The van der Waals surface area contributed by atoms with Gasteiger partial charge in [-0.05, 0) is 12.1 Å². The second-order valence-electron chi connectivity index (χ2n) is 3.39. The van der Waals surface area contributed by atoms with Crippen LogP contribution < -0.4 is 5.32 Å². The van der Waals surface area contributed by atoms with E-state index in [2.05, 4.69) is 20.3 Å². The Labute approximate surface area is 101 Å². The maximum Gasteiger partial charge on any atom is 0.213 e. The number of fused-ring (bicyclic) bond motifs is 1. The Morgan fingerprint density at radius 2 is 2.24 bits per heavy atom. The van der Waals surface area contributed by atoms with Crippen LogP contribution in [0.3, 0.4) is 0 Å². The van der Waals surface area contributed by atoms with E-state index in [9.17, 15) is 4.79 Å². The first-order valence-electron chi connectivity index (χ1n) is 4.98. The fraction of sp³-hybridized carbons (Fsp3) is 0. The lowest BCUT2D eigenvalue weighted by Gasteiger charge is -1.87. The lowest BCUT2D eigenvalue weighted by Crippen LogP contribution is -1.90. The van der Waals surface area contributed by atoms with E-state index in [0.717, 1.165) is 21.7 Å². The summed E-state index contributed by atoms with van der Waals surface area (Å²) in [6.45, 7) is 0. The molecule has 2 heterocycles. The highest BCUT2D eigenvalue weighted by Crippen LogP contribution is 2.27. The summed E-state index contributed by atoms with van der Waals surface area (Å²) in [5.74, 6) is 0.766. The minimum absolute atomic E-state index is 0.565. The third kappa shape index (κ3) is 1.78. The number of H-pyrrole nitrogens is 1. The minimum Gasteiger partial charge on any atom is -0.337 e. The van der Waals surface area contributed by atoms with Crippen LogP contribution in [0.25, 0.3) is 21.7 Å². The van der Waals surface area contributed by atoms with E-state index in [0.29, 0.717) is 11.5 Å². The Morgan fingerprint density at radius 1 is 1.35 bits per heavy atom. The third-order valence-corrected chi connectivity index (χ3v) is 3.25. The number of hydrogen-bond donors (Lipinski definition) is 2. The fourth-order valence-electron chi connectivity index (χ4n) is 1.57. The molecule has 5 nitrogen and oxygen atoms in total. The number of para-hydroxylation sites is 2. The molecule has 0 aliphatic heterocycles. The first-order valence-corrected chi connectivity index (χ1v) is 5.79. The number of aromatic amines is 1. The lowest BCUT2D eigenvalue weighted by atomic mass is 10.3. The van der Waals surface area contributed by atoms with Crippen LogP contribution in [0.1, 0.15) is 0 Å². The monoisotopic (exact) mass is 244 g/mol. The second kappa shape index (κ2) is 3.99. The molecular formula is C11H8N4OS. The van der Waals surface area contributed by atoms with Gasteiger partial charge in [-0.25, -0.2) is 9.97 Å². The average Bonchev–Trinajstić information content (AvgIpc) is 2.94.